The van der Waals surface area contributed by atoms with Crippen LogP contribution in [0.1, 0.15) is 27.7 Å². The molecule has 1 heterocycles. The van der Waals surface area contributed by atoms with Crippen LogP contribution in [0.2, 0.25) is 0 Å². The number of hydrogen-bond donors (Lipinski definition) is 5. The minimum absolute atomic E-state index is 0.864. The first-order valence-electron chi connectivity index (χ1n) is 7.47. The molecule has 152 valence electrons. The third-order valence-electron chi connectivity index (χ3n) is 3.69. The molecule has 0 radical (unpaired) electrons. The molecule has 5 atom stereocenters. The van der Waals surface area contributed by atoms with Crippen molar-refractivity contribution >= 4 is 23.5 Å². The summed E-state index contributed by atoms with van der Waals surface area (Å²) in [5.41, 5.74) is 8.17. The van der Waals surface area contributed by atoms with Gasteiger partial charge < -0.3 is 29.5 Å². The van der Waals surface area contributed by atoms with Crippen molar-refractivity contribution in [3.8, 4) is 0 Å². The molecular formula is C14H22N3O10+. The summed E-state index contributed by atoms with van der Waals surface area (Å²) >= 11 is 0. The van der Waals surface area contributed by atoms with Crippen molar-refractivity contribution in [3.05, 3.63) is 0 Å². The standard InChI is InChI=1S/C14H20O10.H2N3/c1-6(16)13(22-8(3)18)12(21)11(20)10(5-15)24-14(13,7(2)17)23-9(4)19;1-3-2/h10-12,15,20-21H,5H2,1-4H3;1-2H/q;+1/t10-,11+,12+,13-,14-;/m1./s1. The zero-order valence-corrected chi connectivity index (χ0v) is 15.1. The molecule has 0 saturated carbocycles. The number of aliphatic hydroxyl groups is 3. The first kappa shape index (κ1) is 24.4. The molecule has 0 aromatic rings. The SMILES string of the molecule is CC(=O)O[C@]1(C(C)=O)O[C@H](CO)[C@H](O)[C@H](O)[C@]1(OC(C)=O)C(C)=O.N=[N+]=N. The molecule has 1 aliphatic rings. The molecule has 5 N–H and O–H groups in total. The maximum atomic E-state index is 12.3. The summed E-state index contributed by atoms with van der Waals surface area (Å²) in [5.74, 6) is -7.22. The summed E-state index contributed by atoms with van der Waals surface area (Å²) < 4.78 is 15.0. The summed E-state index contributed by atoms with van der Waals surface area (Å²) in [4.78, 5) is 49.5. The Kier molecular flexibility index (Phi) is 8.50. The van der Waals surface area contributed by atoms with E-state index in [1.165, 1.54) is 0 Å². The van der Waals surface area contributed by atoms with Crippen LogP contribution in [0, 0.1) is 11.1 Å². The quantitative estimate of drug-likeness (QED) is 0.196. The van der Waals surface area contributed by atoms with Crippen LogP contribution in [0.5, 0.6) is 0 Å². The number of hydrogen-bond acceptors (Lipinski definition) is 12. The van der Waals surface area contributed by atoms with Crippen LogP contribution in [0.15, 0.2) is 0 Å². The Labute approximate surface area is 153 Å². The van der Waals surface area contributed by atoms with E-state index >= 15 is 0 Å². The fraction of sp³-hybridized carbons (Fsp3) is 0.714. The monoisotopic (exact) mass is 392 g/mol. The number of nitrogens with zero attached hydrogens (tertiary/aromatic N) is 1. The van der Waals surface area contributed by atoms with Gasteiger partial charge in [0.05, 0.1) is 6.61 Å². The van der Waals surface area contributed by atoms with Gasteiger partial charge in [0.25, 0.3) is 5.60 Å². The van der Waals surface area contributed by atoms with Crippen molar-refractivity contribution in [2.75, 3.05) is 6.61 Å². The van der Waals surface area contributed by atoms with E-state index < -0.39 is 59.8 Å². The topological polar surface area (TPSA) is 218 Å². The lowest BCUT2D eigenvalue weighted by Gasteiger charge is -2.53. The van der Waals surface area contributed by atoms with E-state index in [-0.39, 0.29) is 0 Å². The molecule has 0 aromatic carbocycles. The summed E-state index contributed by atoms with van der Waals surface area (Å²) in [5, 5.41) is 29.8. The Hall–Kier alpha value is -2.57. The number of carbonyl (C=O) groups excluding carboxylic acids is 4. The van der Waals surface area contributed by atoms with Crippen LogP contribution in [0.4, 0.5) is 0 Å². The lowest BCUT2D eigenvalue weighted by Crippen LogP contribution is -2.80. The maximum Gasteiger partial charge on any atom is 0.324 e. The predicted octanol–water partition coefficient (Wildman–Crippen LogP) is -2.05. The largest absolute Gasteiger partial charge is 0.441 e. The minimum Gasteiger partial charge on any atom is -0.441 e. The second-order valence-electron chi connectivity index (χ2n) is 5.54. The number of esters is 2. The number of ether oxygens (including phenoxy) is 3. The van der Waals surface area contributed by atoms with Gasteiger partial charge in [-0.15, -0.1) is 0 Å². The van der Waals surface area contributed by atoms with E-state index in [4.69, 9.17) is 25.3 Å². The zero-order chi connectivity index (χ0) is 21.6. The van der Waals surface area contributed by atoms with Crippen molar-refractivity contribution in [1.82, 2.24) is 4.91 Å². The van der Waals surface area contributed by atoms with Crippen LogP contribution in [-0.2, 0) is 33.4 Å². The van der Waals surface area contributed by atoms with Gasteiger partial charge in [-0.3, -0.25) is 19.2 Å². The highest BCUT2D eigenvalue weighted by Crippen LogP contribution is 2.43. The summed E-state index contributed by atoms with van der Waals surface area (Å²) in [7, 11) is 0. The van der Waals surface area contributed by atoms with Crippen LogP contribution in [0.25, 0.3) is 0 Å². The molecule has 0 unspecified atom stereocenters. The summed E-state index contributed by atoms with van der Waals surface area (Å²) in [6.45, 7) is 2.66. The Morgan fingerprint density at radius 3 is 1.74 bits per heavy atom. The van der Waals surface area contributed by atoms with Crippen molar-refractivity contribution in [1.29, 1.82) is 11.1 Å². The summed E-state index contributed by atoms with van der Waals surface area (Å²) in [6.07, 6.45) is -5.68. The maximum absolute atomic E-state index is 12.3. The third-order valence-corrected chi connectivity index (χ3v) is 3.69. The highest BCUT2D eigenvalue weighted by atomic mass is 16.8. The lowest BCUT2D eigenvalue weighted by molar-refractivity contribution is -0.358. The van der Waals surface area contributed by atoms with Crippen LogP contribution >= 0.6 is 0 Å². The van der Waals surface area contributed by atoms with Crippen molar-refractivity contribution in [3.63, 3.8) is 0 Å². The Bertz CT molecular complexity index is 647. The molecule has 1 saturated heterocycles. The van der Waals surface area contributed by atoms with Crippen molar-refractivity contribution in [2.24, 2.45) is 0 Å². The lowest BCUT2D eigenvalue weighted by atomic mass is 9.75. The van der Waals surface area contributed by atoms with E-state index in [2.05, 4.69) is 0 Å². The minimum atomic E-state index is -2.86. The number of aliphatic hydroxyl groups excluding tert-OH is 3. The van der Waals surface area contributed by atoms with Crippen molar-refractivity contribution < 1.29 is 48.7 Å². The second-order valence-corrected chi connectivity index (χ2v) is 5.54. The molecule has 0 amide bonds. The van der Waals surface area contributed by atoms with Gasteiger partial charge in [0, 0.05) is 20.8 Å². The first-order valence-corrected chi connectivity index (χ1v) is 7.47. The van der Waals surface area contributed by atoms with Gasteiger partial charge in [0.2, 0.25) is 10.7 Å². The number of ketones is 2. The number of carbonyl (C=O) groups is 4. The van der Waals surface area contributed by atoms with Gasteiger partial charge in [-0.25, -0.2) is 0 Å². The molecule has 0 aliphatic carbocycles. The number of rotatable bonds is 5. The van der Waals surface area contributed by atoms with E-state index in [1.54, 1.807) is 0 Å². The summed E-state index contributed by atoms with van der Waals surface area (Å²) in [6, 6.07) is 0. The average Bonchev–Trinajstić information content (AvgIpc) is 2.53. The molecule has 1 aliphatic heterocycles. The Morgan fingerprint density at radius 2 is 1.44 bits per heavy atom. The van der Waals surface area contributed by atoms with Gasteiger partial charge in [-0.1, -0.05) is 0 Å². The van der Waals surface area contributed by atoms with Gasteiger partial charge in [-0.2, -0.15) is 0 Å². The van der Waals surface area contributed by atoms with Gasteiger partial charge in [0.15, 0.2) is 5.78 Å². The number of Topliss-reactive ketones (excluding diaryl/α,β-unsaturated/α-hetero) is 2. The van der Waals surface area contributed by atoms with E-state index in [9.17, 15) is 34.5 Å². The van der Waals surface area contributed by atoms with E-state index in [0.29, 0.717) is 0 Å². The highest BCUT2D eigenvalue weighted by molar-refractivity contribution is 6.00. The number of nitrogens with one attached hydrogen (secondary N) is 2. The normalized spacial score (nSPS) is 32.2. The van der Waals surface area contributed by atoms with Gasteiger partial charge >= 0.3 is 17.7 Å². The Balaban J connectivity index is 0.00000210. The van der Waals surface area contributed by atoms with E-state index in [0.717, 1.165) is 27.7 Å². The third kappa shape index (κ3) is 4.40. The molecule has 1 fully saturated rings. The first-order chi connectivity index (χ1) is 12.4. The second kappa shape index (κ2) is 9.39. The molecule has 27 heavy (non-hydrogen) atoms. The fourth-order valence-corrected chi connectivity index (χ4v) is 2.74. The molecule has 0 bridgehead atoms. The fourth-order valence-electron chi connectivity index (χ4n) is 2.74. The van der Waals surface area contributed by atoms with E-state index in [1.807, 2.05) is 4.91 Å². The Morgan fingerprint density at radius 1 is 1.00 bits per heavy atom. The van der Waals surface area contributed by atoms with Gasteiger partial charge in [-0.05, 0) is 6.92 Å². The average molecular weight is 392 g/mol. The predicted molar refractivity (Wildman–Crippen MR) is 81.9 cm³/mol. The van der Waals surface area contributed by atoms with Gasteiger partial charge in [0.1, 0.15) is 29.4 Å². The van der Waals surface area contributed by atoms with Crippen molar-refractivity contribution in [2.45, 2.75) is 57.4 Å². The van der Waals surface area contributed by atoms with Crippen LogP contribution in [0.3, 0.4) is 0 Å². The highest BCUT2D eigenvalue weighted by Gasteiger charge is 2.74. The molecule has 13 heteroatoms. The molecule has 0 spiro atoms. The zero-order valence-electron chi connectivity index (χ0n) is 15.1. The smallest absolute Gasteiger partial charge is 0.324 e. The molecule has 0 aromatic heterocycles. The van der Waals surface area contributed by atoms with Crippen LogP contribution in [-0.4, -0.2) is 75.1 Å². The molecule has 13 nitrogen and oxygen atoms in total. The molecule has 1 rings (SSSR count). The van der Waals surface area contributed by atoms with Crippen LogP contribution < -0.4 is 4.91 Å². The molecular weight excluding hydrogens is 370 g/mol.